The van der Waals surface area contributed by atoms with Gasteiger partial charge in [-0.15, -0.1) is 0 Å². The van der Waals surface area contributed by atoms with Crippen LogP contribution in [0.2, 0.25) is 5.02 Å². The maximum Gasteiger partial charge on any atom is 0.332 e. The van der Waals surface area contributed by atoms with Crippen molar-refractivity contribution in [3.63, 3.8) is 0 Å². The Morgan fingerprint density at radius 2 is 1.55 bits per heavy atom. The van der Waals surface area contributed by atoms with E-state index in [1.54, 1.807) is 5.01 Å². The van der Waals surface area contributed by atoms with Crippen molar-refractivity contribution in [2.24, 2.45) is 5.73 Å². The van der Waals surface area contributed by atoms with Gasteiger partial charge in [0.05, 0.1) is 6.04 Å². The van der Waals surface area contributed by atoms with Crippen molar-refractivity contribution in [1.82, 2.24) is 25.6 Å². The topological polar surface area (TPSA) is 93.9 Å². The number of nitrogens with zero attached hydrogens (tertiary/aromatic N) is 3. The molecule has 0 radical (unpaired) electrons. The average Bonchev–Trinajstić information content (AvgIpc) is 2.91. The number of hydrogen-bond donors (Lipinski definition) is 3. The quantitative estimate of drug-likeness (QED) is 0.430. The molecule has 0 bridgehead atoms. The number of benzene rings is 1. The number of rotatable bonds is 8. The molecule has 1 aliphatic heterocycles. The summed E-state index contributed by atoms with van der Waals surface area (Å²) in [6.07, 6.45) is 12.0. The molecule has 1 aromatic rings. The number of likely N-dealkylation sites (tertiary alicyclic amines) is 1. The lowest BCUT2D eigenvalue weighted by atomic mass is 9.90. The molecule has 4 N–H and O–H groups in total. The summed E-state index contributed by atoms with van der Waals surface area (Å²) in [6, 6.07) is 8.54. The van der Waals surface area contributed by atoms with Crippen molar-refractivity contribution in [2.45, 2.75) is 107 Å². The van der Waals surface area contributed by atoms with Gasteiger partial charge in [0.25, 0.3) is 0 Å². The summed E-state index contributed by atoms with van der Waals surface area (Å²) >= 11 is 6.11. The van der Waals surface area contributed by atoms with Gasteiger partial charge in [-0.2, -0.15) is 0 Å². The second-order valence-electron chi connectivity index (χ2n) is 11.7. The first-order chi connectivity index (χ1) is 18.3. The highest BCUT2D eigenvalue weighted by molar-refractivity contribution is 6.30. The molecule has 2 aliphatic carbocycles. The first-order valence-corrected chi connectivity index (χ1v) is 15.0. The Morgan fingerprint density at radius 3 is 2.16 bits per heavy atom. The minimum Gasteiger partial charge on any atom is -0.341 e. The van der Waals surface area contributed by atoms with Crippen LogP contribution in [-0.2, 0) is 11.2 Å². The molecule has 3 amide bonds. The zero-order valence-electron chi connectivity index (χ0n) is 23.2. The molecule has 1 aromatic carbocycles. The summed E-state index contributed by atoms with van der Waals surface area (Å²) in [5, 5.41) is 6.13. The van der Waals surface area contributed by atoms with Gasteiger partial charge >= 0.3 is 6.03 Å². The summed E-state index contributed by atoms with van der Waals surface area (Å²) in [6.45, 7) is 1.35. The number of urea groups is 1. The SMILES string of the molecule is CN(C)NC(=O)N(C1CCCCC1)C1CCN(C(=O)C(Cc2ccc(Cl)cc2)NC2CCC(N)CC2)CC1. The van der Waals surface area contributed by atoms with Gasteiger partial charge in [0.2, 0.25) is 5.91 Å². The third-order valence-electron chi connectivity index (χ3n) is 8.55. The van der Waals surface area contributed by atoms with Crippen LogP contribution in [0.4, 0.5) is 4.79 Å². The van der Waals surface area contributed by atoms with Crippen LogP contribution in [0.15, 0.2) is 24.3 Å². The second kappa shape index (κ2) is 14.0. The van der Waals surface area contributed by atoms with E-state index in [2.05, 4.69) is 15.6 Å². The number of amides is 3. The van der Waals surface area contributed by atoms with Crippen molar-refractivity contribution < 1.29 is 9.59 Å². The molecule has 0 aromatic heterocycles. The number of nitrogens with one attached hydrogen (secondary N) is 2. The molecule has 0 spiro atoms. The smallest absolute Gasteiger partial charge is 0.332 e. The van der Waals surface area contributed by atoms with Crippen molar-refractivity contribution >= 4 is 23.5 Å². The summed E-state index contributed by atoms with van der Waals surface area (Å²) in [5.74, 6) is 0.162. The minimum absolute atomic E-state index is 0.00976. The third kappa shape index (κ3) is 8.07. The molecular weight excluding hydrogens is 500 g/mol. The molecule has 2 saturated carbocycles. The molecule has 3 fully saturated rings. The highest BCUT2D eigenvalue weighted by Crippen LogP contribution is 2.28. The van der Waals surface area contributed by atoms with Gasteiger partial charge in [0, 0.05) is 56.4 Å². The molecule has 3 aliphatic rings. The predicted octanol–water partition coefficient (Wildman–Crippen LogP) is 3.92. The van der Waals surface area contributed by atoms with Crippen LogP contribution in [0, 0.1) is 0 Å². The molecule has 9 heteroatoms. The molecule has 1 heterocycles. The maximum absolute atomic E-state index is 13.9. The van der Waals surface area contributed by atoms with E-state index in [9.17, 15) is 9.59 Å². The van der Waals surface area contributed by atoms with Gasteiger partial charge in [-0.25, -0.2) is 9.80 Å². The fraction of sp³-hybridized carbons (Fsp3) is 0.724. The van der Waals surface area contributed by atoms with Crippen LogP contribution >= 0.6 is 11.6 Å². The van der Waals surface area contributed by atoms with Crippen LogP contribution in [-0.4, -0.2) is 84.1 Å². The van der Waals surface area contributed by atoms with E-state index < -0.39 is 0 Å². The van der Waals surface area contributed by atoms with Crippen molar-refractivity contribution in [1.29, 1.82) is 0 Å². The van der Waals surface area contributed by atoms with Crippen LogP contribution in [0.1, 0.15) is 76.2 Å². The Labute approximate surface area is 233 Å². The first kappa shape index (κ1) is 29.1. The van der Waals surface area contributed by atoms with Gasteiger partial charge < -0.3 is 20.9 Å². The zero-order chi connectivity index (χ0) is 27.1. The van der Waals surface area contributed by atoms with Crippen LogP contribution in [0.5, 0.6) is 0 Å². The Balaban J connectivity index is 1.41. The summed E-state index contributed by atoms with van der Waals surface area (Å²) < 4.78 is 0. The van der Waals surface area contributed by atoms with E-state index in [-0.39, 0.29) is 36.1 Å². The second-order valence-corrected chi connectivity index (χ2v) is 12.2. The molecule has 212 valence electrons. The van der Waals surface area contributed by atoms with Gasteiger partial charge in [-0.3, -0.25) is 10.2 Å². The molecular formula is C29H47ClN6O2. The van der Waals surface area contributed by atoms with Crippen LogP contribution in [0.3, 0.4) is 0 Å². The highest BCUT2D eigenvalue weighted by atomic mass is 35.5. The van der Waals surface area contributed by atoms with E-state index in [1.165, 1.54) is 19.3 Å². The van der Waals surface area contributed by atoms with Gasteiger partial charge in [0.1, 0.15) is 0 Å². The summed E-state index contributed by atoms with van der Waals surface area (Å²) in [5.41, 5.74) is 10.2. The van der Waals surface area contributed by atoms with Gasteiger partial charge in [-0.05, 0) is 75.5 Å². The van der Waals surface area contributed by atoms with E-state index >= 15 is 0 Å². The Hall–Kier alpha value is -1.87. The lowest BCUT2D eigenvalue weighted by molar-refractivity contribution is -0.135. The largest absolute Gasteiger partial charge is 0.341 e. The predicted molar refractivity (Wildman–Crippen MR) is 153 cm³/mol. The zero-order valence-corrected chi connectivity index (χ0v) is 24.0. The molecule has 8 nitrogen and oxygen atoms in total. The molecule has 1 atom stereocenters. The van der Waals surface area contributed by atoms with Gasteiger partial charge in [-0.1, -0.05) is 43.0 Å². The lowest BCUT2D eigenvalue weighted by Gasteiger charge is -2.44. The number of hydrazine groups is 1. The molecule has 38 heavy (non-hydrogen) atoms. The Bertz CT molecular complexity index is 891. The monoisotopic (exact) mass is 546 g/mol. The number of hydrogen-bond acceptors (Lipinski definition) is 5. The number of halogens is 1. The standard InChI is InChI=1S/C29H47ClN6O2/c1-34(2)33-29(38)36(25-6-4-3-5-7-25)26-16-18-35(19-17-26)28(37)27(20-21-8-10-22(30)11-9-21)32-24-14-12-23(31)13-15-24/h8-11,23-27,32H,3-7,12-20,31H2,1-2H3,(H,33,38). The minimum atomic E-state index is -0.279. The van der Waals surface area contributed by atoms with Crippen molar-refractivity contribution in [3.8, 4) is 0 Å². The molecule has 1 saturated heterocycles. The third-order valence-corrected chi connectivity index (χ3v) is 8.80. The molecule has 4 rings (SSSR count). The fourth-order valence-corrected chi connectivity index (χ4v) is 6.59. The first-order valence-electron chi connectivity index (χ1n) is 14.6. The number of carbonyl (C=O) groups excluding carboxylic acids is 2. The van der Waals surface area contributed by atoms with E-state index in [0.29, 0.717) is 30.6 Å². The number of carbonyl (C=O) groups is 2. The number of nitrogens with two attached hydrogens (primary N) is 1. The van der Waals surface area contributed by atoms with E-state index in [1.807, 2.05) is 43.3 Å². The summed E-state index contributed by atoms with van der Waals surface area (Å²) in [4.78, 5) is 31.2. The fourth-order valence-electron chi connectivity index (χ4n) is 6.47. The normalized spacial score (nSPS) is 24.3. The maximum atomic E-state index is 13.9. The Morgan fingerprint density at radius 1 is 0.947 bits per heavy atom. The van der Waals surface area contributed by atoms with Crippen molar-refractivity contribution in [3.05, 3.63) is 34.9 Å². The van der Waals surface area contributed by atoms with Crippen molar-refractivity contribution in [2.75, 3.05) is 27.2 Å². The Kier molecular flexibility index (Phi) is 10.7. The average molecular weight is 547 g/mol. The van der Waals surface area contributed by atoms with E-state index in [4.69, 9.17) is 17.3 Å². The summed E-state index contributed by atoms with van der Waals surface area (Å²) in [7, 11) is 3.71. The molecule has 1 unspecified atom stereocenters. The van der Waals surface area contributed by atoms with Crippen LogP contribution < -0.4 is 16.5 Å². The van der Waals surface area contributed by atoms with Crippen LogP contribution in [0.25, 0.3) is 0 Å². The highest BCUT2D eigenvalue weighted by Gasteiger charge is 2.36. The lowest BCUT2D eigenvalue weighted by Crippen LogP contribution is -2.59. The van der Waals surface area contributed by atoms with Gasteiger partial charge in [0.15, 0.2) is 0 Å². The number of piperidine rings is 1. The van der Waals surface area contributed by atoms with E-state index in [0.717, 1.165) is 56.9 Å².